The summed E-state index contributed by atoms with van der Waals surface area (Å²) < 4.78 is 9.83. The van der Waals surface area contributed by atoms with Crippen LogP contribution in [0.15, 0.2) is 24.3 Å². The van der Waals surface area contributed by atoms with Gasteiger partial charge in [-0.2, -0.15) is 0 Å². The fourth-order valence-corrected chi connectivity index (χ4v) is 2.04. The fraction of sp³-hybridized carbons (Fsp3) is 0.357. The molecule has 1 unspecified atom stereocenters. The van der Waals surface area contributed by atoms with Crippen LogP contribution in [-0.4, -0.2) is 37.9 Å². The van der Waals surface area contributed by atoms with Crippen molar-refractivity contribution in [2.75, 3.05) is 25.2 Å². The minimum atomic E-state index is -1.04. The molecule has 1 aliphatic rings. The molecule has 0 aromatic heterocycles. The van der Waals surface area contributed by atoms with Crippen LogP contribution in [0.1, 0.15) is 6.92 Å². The largest absolute Gasteiger partial charge is 0.497 e. The van der Waals surface area contributed by atoms with Gasteiger partial charge in [-0.1, -0.05) is 0 Å². The third-order valence-corrected chi connectivity index (χ3v) is 3.09. The van der Waals surface area contributed by atoms with E-state index in [0.717, 1.165) is 0 Å². The van der Waals surface area contributed by atoms with E-state index < -0.39 is 23.6 Å². The van der Waals surface area contributed by atoms with Crippen LogP contribution >= 0.6 is 0 Å². The molecule has 20 heavy (non-hydrogen) atoms. The van der Waals surface area contributed by atoms with Gasteiger partial charge in [-0.3, -0.25) is 14.4 Å². The van der Waals surface area contributed by atoms with Crippen LogP contribution in [0.3, 0.4) is 0 Å². The maximum absolute atomic E-state index is 11.9. The van der Waals surface area contributed by atoms with Crippen LogP contribution in [0.2, 0.25) is 0 Å². The topological polar surface area (TPSA) is 72.9 Å². The lowest BCUT2D eigenvalue weighted by atomic mass is 10.1. The van der Waals surface area contributed by atoms with E-state index in [9.17, 15) is 14.4 Å². The Balaban J connectivity index is 2.19. The van der Waals surface area contributed by atoms with E-state index in [1.165, 1.54) is 12.0 Å². The van der Waals surface area contributed by atoms with E-state index in [0.29, 0.717) is 11.4 Å². The van der Waals surface area contributed by atoms with Gasteiger partial charge >= 0.3 is 5.97 Å². The molecule has 0 radical (unpaired) electrons. The van der Waals surface area contributed by atoms with Crippen LogP contribution < -0.4 is 9.64 Å². The van der Waals surface area contributed by atoms with Crippen LogP contribution in [0.4, 0.5) is 5.69 Å². The number of rotatable bonds is 4. The predicted octanol–water partition coefficient (Wildman–Crippen LogP) is 0.790. The molecule has 1 aromatic carbocycles. The van der Waals surface area contributed by atoms with Gasteiger partial charge in [0.1, 0.15) is 11.7 Å². The number of carbonyl (C=O) groups excluding carboxylic acids is 3. The average Bonchev–Trinajstić information content (AvgIpc) is 2.76. The van der Waals surface area contributed by atoms with Crippen molar-refractivity contribution in [1.29, 1.82) is 0 Å². The number of ketones is 1. The Kier molecular flexibility index (Phi) is 4.02. The average molecular weight is 277 g/mol. The Bertz CT molecular complexity index is 537. The van der Waals surface area contributed by atoms with Crippen molar-refractivity contribution in [2.24, 2.45) is 5.92 Å². The molecule has 6 heteroatoms. The maximum Gasteiger partial charge on any atom is 0.318 e. The molecule has 106 valence electrons. The summed E-state index contributed by atoms with van der Waals surface area (Å²) in [5.41, 5.74) is 0.552. The van der Waals surface area contributed by atoms with Gasteiger partial charge in [0.25, 0.3) is 5.91 Å². The first-order valence-electron chi connectivity index (χ1n) is 6.25. The van der Waals surface area contributed by atoms with Gasteiger partial charge in [-0.05, 0) is 31.2 Å². The third-order valence-electron chi connectivity index (χ3n) is 3.09. The minimum Gasteiger partial charge on any atom is -0.497 e. The van der Waals surface area contributed by atoms with Gasteiger partial charge in [0.2, 0.25) is 5.78 Å². The summed E-state index contributed by atoms with van der Waals surface area (Å²) in [6.07, 6.45) is 0. The van der Waals surface area contributed by atoms with E-state index in [-0.39, 0.29) is 13.2 Å². The zero-order valence-electron chi connectivity index (χ0n) is 11.3. The monoisotopic (exact) mass is 277 g/mol. The summed E-state index contributed by atoms with van der Waals surface area (Å²) in [7, 11) is 1.54. The minimum absolute atomic E-state index is 0.0167. The molecule has 1 saturated heterocycles. The molecule has 1 amide bonds. The highest BCUT2D eigenvalue weighted by Gasteiger charge is 2.44. The molecule has 1 atom stereocenters. The van der Waals surface area contributed by atoms with Crippen molar-refractivity contribution in [3.8, 4) is 5.75 Å². The number of hydrogen-bond donors (Lipinski definition) is 0. The van der Waals surface area contributed by atoms with Crippen molar-refractivity contribution < 1.29 is 23.9 Å². The van der Waals surface area contributed by atoms with E-state index in [1.807, 2.05) is 0 Å². The second kappa shape index (κ2) is 5.73. The van der Waals surface area contributed by atoms with Crippen LogP contribution in [-0.2, 0) is 19.1 Å². The molecule has 0 aliphatic carbocycles. The summed E-state index contributed by atoms with van der Waals surface area (Å²) in [6.45, 7) is 1.85. The van der Waals surface area contributed by atoms with Crippen molar-refractivity contribution in [1.82, 2.24) is 0 Å². The molecule has 0 spiro atoms. The second-order valence-electron chi connectivity index (χ2n) is 4.28. The second-order valence-corrected chi connectivity index (χ2v) is 4.28. The SMILES string of the molecule is CCOC(=O)C1CN(c2ccc(OC)cc2)C(=O)C1=O. The van der Waals surface area contributed by atoms with Gasteiger partial charge in [-0.25, -0.2) is 0 Å². The van der Waals surface area contributed by atoms with Crippen LogP contribution in [0.5, 0.6) is 5.75 Å². The Morgan fingerprint density at radius 2 is 1.95 bits per heavy atom. The Morgan fingerprint density at radius 1 is 1.30 bits per heavy atom. The first-order valence-corrected chi connectivity index (χ1v) is 6.25. The standard InChI is InChI=1S/C14H15NO5/c1-3-20-14(18)11-8-15(13(17)12(11)16)9-4-6-10(19-2)7-5-9/h4-7,11H,3,8H2,1-2H3. The summed E-state index contributed by atoms with van der Waals surface area (Å²) in [5.74, 6) is -2.45. The number of anilines is 1. The van der Waals surface area contributed by atoms with Crippen LogP contribution in [0.25, 0.3) is 0 Å². The number of esters is 1. The lowest BCUT2D eigenvalue weighted by molar-refractivity contribution is -0.151. The zero-order chi connectivity index (χ0) is 14.7. The van der Waals surface area contributed by atoms with Crippen molar-refractivity contribution in [2.45, 2.75) is 6.92 Å². The first kappa shape index (κ1) is 14.0. The molecule has 1 heterocycles. The smallest absolute Gasteiger partial charge is 0.318 e. The number of nitrogens with zero attached hydrogens (tertiary/aromatic N) is 1. The summed E-state index contributed by atoms with van der Waals surface area (Å²) in [6, 6.07) is 6.70. The van der Waals surface area contributed by atoms with Gasteiger partial charge in [0.15, 0.2) is 0 Å². The van der Waals surface area contributed by atoms with Crippen molar-refractivity contribution in [3.05, 3.63) is 24.3 Å². The molecule has 0 N–H and O–H groups in total. The number of ether oxygens (including phenoxy) is 2. The van der Waals surface area contributed by atoms with E-state index in [4.69, 9.17) is 9.47 Å². The maximum atomic E-state index is 11.9. The summed E-state index contributed by atoms with van der Waals surface area (Å²) in [4.78, 5) is 36.6. The number of hydrogen-bond acceptors (Lipinski definition) is 5. The highest BCUT2D eigenvalue weighted by molar-refractivity contribution is 6.47. The predicted molar refractivity (Wildman–Crippen MR) is 70.5 cm³/mol. The number of carbonyl (C=O) groups is 3. The lowest BCUT2D eigenvalue weighted by Crippen LogP contribution is -2.26. The normalized spacial score (nSPS) is 18.3. The van der Waals surface area contributed by atoms with Gasteiger partial charge in [0.05, 0.1) is 13.7 Å². The Labute approximate surface area is 116 Å². The first-order chi connectivity index (χ1) is 9.58. The number of Topliss-reactive ketones (excluding diaryl/α,β-unsaturated/α-hetero) is 1. The van der Waals surface area contributed by atoms with Gasteiger partial charge in [-0.15, -0.1) is 0 Å². The fourth-order valence-electron chi connectivity index (χ4n) is 2.04. The van der Waals surface area contributed by atoms with Crippen LogP contribution in [0, 0.1) is 5.92 Å². The Morgan fingerprint density at radius 3 is 2.50 bits per heavy atom. The lowest BCUT2D eigenvalue weighted by Gasteiger charge is -2.15. The molecular formula is C14H15NO5. The van der Waals surface area contributed by atoms with E-state index in [2.05, 4.69) is 0 Å². The Hall–Kier alpha value is -2.37. The van der Waals surface area contributed by atoms with E-state index >= 15 is 0 Å². The van der Waals surface area contributed by atoms with Crippen molar-refractivity contribution >= 4 is 23.3 Å². The van der Waals surface area contributed by atoms with Crippen molar-refractivity contribution in [3.63, 3.8) is 0 Å². The van der Waals surface area contributed by atoms with Gasteiger partial charge in [0, 0.05) is 12.2 Å². The van der Waals surface area contributed by atoms with E-state index in [1.54, 1.807) is 31.2 Å². The molecule has 1 aliphatic heterocycles. The van der Waals surface area contributed by atoms with Gasteiger partial charge < -0.3 is 14.4 Å². The molecule has 2 rings (SSSR count). The zero-order valence-corrected chi connectivity index (χ0v) is 11.3. The molecule has 6 nitrogen and oxygen atoms in total. The summed E-state index contributed by atoms with van der Waals surface area (Å²) in [5, 5.41) is 0. The number of benzene rings is 1. The molecule has 0 saturated carbocycles. The number of methoxy groups -OCH3 is 1. The quantitative estimate of drug-likeness (QED) is 0.462. The molecular weight excluding hydrogens is 262 g/mol. The number of amides is 1. The molecule has 1 fully saturated rings. The molecule has 1 aromatic rings. The highest BCUT2D eigenvalue weighted by Crippen LogP contribution is 2.25. The summed E-state index contributed by atoms with van der Waals surface area (Å²) >= 11 is 0. The highest BCUT2D eigenvalue weighted by atomic mass is 16.5. The third kappa shape index (κ3) is 2.49. The molecule has 0 bridgehead atoms.